The van der Waals surface area contributed by atoms with Crippen LogP contribution < -0.4 is 10.6 Å². The predicted molar refractivity (Wildman–Crippen MR) is 65.7 cm³/mol. The van der Waals surface area contributed by atoms with Crippen molar-refractivity contribution in [2.75, 3.05) is 26.3 Å². The van der Waals surface area contributed by atoms with E-state index in [9.17, 15) is 4.79 Å². The lowest BCUT2D eigenvalue weighted by atomic mass is 10.0. The molecular formula is C12H24N2O3. The molecule has 1 rings (SSSR count). The van der Waals surface area contributed by atoms with E-state index < -0.39 is 0 Å². The fourth-order valence-electron chi connectivity index (χ4n) is 1.92. The lowest BCUT2D eigenvalue weighted by molar-refractivity contribution is -0.141. The molecule has 1 amide bonds. The molecule has 0 bridgehead atoms. The van der Waals surface area contributed by atoms with Crippen LogP contribution in [0.3, 0.4) is 0 Å². The quantitative estimate of drug-likeness (QED) is 0.645. The first kappa shape index (κ1) is 14.4. The van der Waals surface area contributed by atoms with E-state index in [0.717, 1.165) is 25.8 Å². The second-order valence-electron chi connectivity index (χ2n) is 4.09. The predicted octanol–water partition coefficient (Wildman–Crippen LogP) is 0.644. The maximum atomic E-state index is 11.8. The van der Waals surface area contributed by atoms with Gasteiger partial charge in [-0.2, -0.15) is 0 Å². The van der Waals surface area contributed by atoms with Gasteiger partial charge in [-0.3, -0.25) is 4.79 Å². The topological polar surface area (TPSA) is 59.6 Å². The minimum atomic E-state index is -0.336. The van der Waals surface area contributed by atoms with Crippen molar-refractivity contribution in [2.45, 2.75) is 45.4 Å². The zero-order valence-corrected chi connectivity index (χ0v) is 10.8. The van der Waals surface area contributed by atoms with Crippen molar-refractivity contribution in [3.05, 3.63) is 0 Å². The van der Waals surface area contributed by atoms with Gasteiger partial charge >= 0.3 is 0 Å². The zero-order chi connectivity index (χ0) is 12.5. The first-order valence-electron chi connectivity index (χ1n) is 6.52. The van der Waals surface area contributed by atoms with Crippen LogP contribution in [0, 0.1) is 0 Å². The molecule has 0 aromatic carbocycles. The Kier molecular flexibility index (Phi) is 7.16. The second-order valence-corrected chi connectivity index (χ2v) is 4.09. The van der Waals surface area contributed by atoms with Crippen molar-refractivity contribution < 1.29 is 14.3 Å². The summed E-state index contributed by atoms with van der Waals surface area (Å²) in [6, 6.07) is -0.0485. The number of amides is 1. The van der Waals surface area contributed by atoms with Crippen LogP contribution in [0.5, 0.6) is 0 Å². The van der Waals surface area contributed by atoms with Crippen molar-refractivity contribution in [3.8, 4) is 0 Å². The highest BCUT2D eigenvalue weighted by molar-refractivity contribution is 5.81. The highest BCUT2D eigenvalue weighted by atomic mass is 16.7. The van der Waals surface area contributed by atoms with E-state index in [2.05, 4.69) is 10.6 Å². The maximum absolute atomic E-state index is 11.8. The summed E-state index contributed by atoms with van der Waals surface area (Å²) in [6.45, 7) is 6.34. The van der Waals surface area contributed by atoms with E-state index >= 15 is 0 Å². The SMILES string of the molecule is CCOC(CNC(=O)[C@@H]1CCCCN1)OCC. The van der Waals surface area contributed by atoms with Gasteiger partial charge in [0.25, 0.3) is 0 Å². The van der Waals surface area contributed by atoms with E-state index in [-0.39, 0.29) is 18.2 Å². The Morgan fingerprint density at radius 2 is 2.06 bits per heavy atom. The van der Waals surface area contributed by atoms with Gasteiger partial charge in [-0.1, -0.05) is 6.42 Å². The highest BCUT2D eigenvalue weighted by Gasteiger charge is 2.21. The maximum Gasteiger partial charge on any atom is 0.237 e. The van der Waals surface area contributed by atoms with Crippen molar-refractivity contribution in [1.29, 1.82) is 0 Å². The molecule has 5 nitrogen and oxygen atoms in total. The first-order chi connectivity index (χ1) is 8.27. The standard InChI is InChI=1S/C12H24N2O3/c1-3-16-11(17-4-2)9-14-12(15)10-7-5-6-8-13-10/h10-11,13H,3-9H2,1-2H3,(H,14,15)/t10-/m0/s1. The molecule has 0 radical (unpaired) electrons. The largest absolute Gasteiger partial charge is 0.351 e. The third-order valence-corrected chi connectivity index (χ3v) is 2.77. The summed E-state index contributed by atoms with van der Waals surface area (Å²) in [5.41, 5.74) is 0. The van der Waals surface area contributed by atoms with Crippen molar-refractivity contribution in [3.63, 3.8) is 0 Å². The van der Waals surface area contributed by atoms with E-state index in [1.165, 1.54) is 0 Å². The Balaban J connectivity index is 2.24. The molecule has 1 saturated heterocycles. The number of carbonyl (C=O) groups excluding carboxylic acids is 1. The Bertz CT molecular complexity index is 212. The summed E-state index contributed by atoms with van der Waals surface area (Å²) in [6.07, 6.45) is 2.85. The summed E-state index contributed by atoms with van der Waals surface area (Å²) in [5, 5.41) is 6.08. The van der Waals surface area contributed by atoms with E-state index in [1.807, 2.05) is 13.8 Å². The van der Waals surface area contributed by atoms with Gasteiger partial charge in [0.1, 0.15) is 0 Å². The summed E-state index contributed by atoms with van der Waals surface area (Å²) in [5.74, 6) is 0.0501. The summed E-state index contributed by atoms with van der Waals surface area (Å²) in [4.78, 5) is 11.8. The minimum Gasteiger partial charge on any atom is -0.351 e. The van der Waals surface area contributed by atoms with Crippen LogP contribution in [0.2, 0.25) is 0 Å². The zero-order valence-electron chi connectivity index (χ0n) is 10.8. The molecule has 0 unspecified atom stereocenters. The van der Waals surface area contributed by atoms with Gasteiger partial charge in [-0.15, -0.1) is 0 Å². The van der Waals surface area contributed by atoms with Crippen LogP contribution in [-0.4, -0.2) is 44.5 Å². The molecule has 5 heteroatoms. The fraction of sp³-hybridized carbons (Fsp3) is 0.917. The summed E-state index contributed by atoms with van der Waals surface area (Å²) in [7, 11) is 0. The van der Waals surface area contributed by atoms with Crippen LogP contribution in [0.25, 0.3) is 0 Å². The molecule has 0 saturated carbocycles. The van der Waals surface area contributed by atoms with Gasteiger partial charge in [-0.25, -0.2) is 0 Å². The molecule has 0 spiro atoms. The summed E-state index contributed by atoms with van der Waals surface area (Å²) >= 11 is 0. The Labute approximate surface area is 103 Å². The Hall–Kier alpha value is -0.650. The molecule has 1 heterocycles. The molecule has 0 aromatic heterocycles. The Morgan fingerprint density at radius 1 is 1.35 bits per heavy atom. The monoisotopic (exact) mass is 244 g/mol. The molecule has 1 fully saturated rings. The van der Waals surface area contributed by atoms with Crippen molar-refractivity contribution >= 4 is 5.91 Å². The lowest BCUT2D eigenvalue weighted by Gasteiger charge is -2.24. The molecule has 1 atom stereocenters. The third kappa shape index (κ3) is 5.48. The third-order valence-electron chi connectivity index (χ3n) is 2.77. The van der Waals surface area contributed by atoms with Crippen LogP contribution >= 0.6 is 0 Å². The number of piperidine rings is 1. The summed E-state index contributed by atoms with van der Waals surface area (Å²) < 4.78 is 10.7. The van der Waals surface area contributed by atoms with Crippen LogP contribution in [0.4, 0.5) is 0 Å². The number of rotatable bonds is 7. The molecule has 1 aliphatic rings. The van der Waals surface area contributed by atoms with E-state index in [0.29, 0.717) is 19.8 Å². The lowest BCUT2D eigenvalue weighted by Crippen LogP contribution is -2.48. The normalized spacial score (nSPS) is 20.5. The van der Waals surface area contributed by atoms with Crippen molar-refractivity contribution in [2.24, 2.45) is 0 Å². The molecule has 1 aliphatic heterocycles. The molecule has 0 aromatic rings. The van der Waals surface area contributed by atoms with Gasteiger partial charge in [0.05, 0.1) is 12.6 Å². The van der Waals surface area contributed by atoms with Gasteiger partial charge in [0.15, 0.2) is 6.29 Å². The van der Waals surface area contributed by atoms with Crippen molar-refractivity contribution in [1.82, 2.24) is 10.6 Å². The van der Waals surface area contributed by atoms with Crippen LogP contribution in [-0.2, 0) is 14.3 Å². The van der Waals surface area contributed by atoms with E-state index in [1.54, 1.807) is 0 Å². The number of hydrogen-bond acceptors (Lipinski definition) is 4. The van der Waals surface area contributed by atoms with Crippen LogP contribution in [0.1, 0.15) is 33.1 Å². The number of nitrogens with one attached hydrogen (secondary N) is 2. The molecular weight excluding hydrogens is 220 g/mol. The van der Waals surface area contributed by atoms with Gasteiger partial charge in [-0.05, 0) is 33.2 Å². The Morgan fingerprint density at radius 3 is 2.59 bits per heavy atom. The van der Waals surface area contributed by atoms with Crippen LogP contribution in [0.15, 0.2) is 0 Å². The molecule has 2 N–H and O–H groups in total. The number of ether oxygens (including phenoxy) is 2. The van der Waals surface area contributed by atoms with E-state index in [4.69, 9.17) is 9.47 Å². The first-order valence-corrected chi connectivity index (χ1v) is 6.52. The second kappa shape index (κ2) is 8.44. The smallest absolute Gasteiger partial charge is 0.237 e. The highest BCUT2D eigenvalue weighted by Crippen LogP contribution is 2.06. The minimum absolute atomic E-state index is 0.0485. The molecule has 0 aliphatic carbocycles. The average Bonchev–Trinajstić information content (AvgIpc) is 2.37. The van der Waals surface area contributed by atoms with Gasteiger partial charge < -0.3 is 20.1 Å². The molecule has 17 heavy (non-hydrogen) atoms. The number of hydrogen-bond donors (Lipinski definition) is 2. The van der Waals surface area contributed by atoms with Gasteiger partial charge in [0, 0.05) is 13.2 Å². The van der Waals surface area contributed by atoms with Gasteiger partial charge in [0.2, 0.25) is 5.91 Å². The average molecular weight is 244 g/mol. The number of carbonyl (C=O) groups is 1. The fourth-order valence-corrected chi connectivity index (χ4v) is 1.92. The molecule has 100 valence electrons.